The van der Waals surface area contributed by atoms with E-state index in [4.69, 9.17) is 9.47 Å². The molecule has 0 heterocycles. The zero-order valence-corrected chi connectivity index (χ0v) is 15.5. The van der Waals surface area contributed by atoms with Gasteiger partial charge in [-0.05, 0) is 56.9 Å². The highest BCUT2D eigenvalue weighted by Crippen LogP contribution is 2.35. The number of ketones is 1. The van der Waals surface area contributed by atoms with E-state index in [9.17, 15) is 9.59 Å². The Morgan fingerprint density at radius 3 is 2.46 bits per heavy atom. The first-order chi connectivity index (χ1) is 12.3. The summed E-state index contributed by atoms with van der Waals surface area (Å²) in [7, 11) is 0. The van der Waals surface area contributed by atoms with Crippen LogP contribution in [-0.2, 0) is 16.0 Å². The molecule has 0 radical (unpaired) electrons. The molecule has 1 aliphatic carbocycles. The van der Waals surface area contributed by atoms with Crippen LogP contribution in [0, 0.1) is 0 Å². The molecule has 0 N–H and O–H groups in total. The number of rotatable bonds is 4. The van der Waals surface area contributed by atoms with Crippen molar-refractivity contribution in [3.8, 4) is 16.9 Å². The number of benzene rings is 2. The Morgan fingerprint density at radius 2 is 1.77 bits per heavy atom. The number of esters is 1. The molecule has 2 aromatic carbocycles. The topological polar surface area (TPSA) is 52.6 Å². The van der Waals surface area contributed by atoms with E-state index < -0.39 is 11.6 Å². The first kappa shape index (κ1) is 18.2. The molecule has 0 saturated carbocycles. The molecule has 3 rings (SSSR count). The van der Waals surface area contributed by atoms with Crippen LogP contribution in [0.5, 0.6) is 5.75 Å². The highest BCUT2D eigenvalue weighted by atomic mass is 16.6. The predicted molar refractivity (Wildman–Crippen MR) is 100 cm³/mol. The van der Waals surface area contributed by atoms with Crippen LogP contribution in [0.2, 0.25) is 0 Å². The molecule has 0 bridgehead atoms. The number of carbonyl (C=O) groups is 2. The highest BCUT2D eigenvalue weighted by molar-refractivity contribution is 6.00. The summed E-state index contributed by atoms with van der Waals surface area (Å²) in [4.78, 5) is 24.4. The minimum absolute atomic E-state index is 0.131. The molecular weight excluding hydrogens is 328 g/mol. The van der Waals surface area contributed by atoms with Crippen molar-refractivity contribution in [3.63, 3.8) is 0 Å². The molecule has 0 fully saturated rings. The fourth-order valence-electron chi connectivity index (χ4n) is 3.15. The Morgan fingerprint density at radius 1 is 1.04 bits per heavy atom. The fourth-order valence-corrected chi connectivity index (χ4v) is 3.15. The predicted octanol–water partition coefficient (Wildman–Crippen LogP) is 4.59. The summed E-state index contributed by atoms with van der Waals surface area (Å²) in [6, 6.07) is 13.7. The maximum absolute atomic E-state index is 12.4. The lowest BCUT2D eigenvalue weighted by molar-refractivity contribution is -0.157. The average Bonchev–Trinajstić information content (AvgIpc) is 2.59. The van der Waals surface area contributed by atoms with Gasteiger partial charge < -0.3 is 9.47 Å². The number of fused-ring (bicyclic) bond motifs is 1. The Labute approximate surface area is 154 Å². The van der Waals surface area contributed by atoms with Gasteiger partial charge in [0, 0.05) is 17.5 Å². The maximum Gasteiger partial charge on any atom is 0.344 e. The Kier molecular flexibility index (Phi) is 5.12. The van der Waals surface area contributed by atoms with Crippen molar-refractivity contribution in [3.05, 3.63) is 53.6 Å². The normalized spacial score (nSPS) is 13.9. The minimum Gasteiger partial charge on any atom is -0.482 e. The quantitative estimate of drug-likeness (QED) is 0.755. The van der Waals surface area contributed by atoms with Crippen molar-refractivity contribution in [2.75, 3.05) is 6.61 Å². The van der Waals surface area contributed by atoms with Crippen LogP contribution in [-0.4, -0.2) is 24.0 Å². The van der Waals surface area contributed by atoms with E-state index in [1.807, 2.05) is 63.2 Å². The number of hydrogen-bond acceptors (Lipinski definition) is 4. The van der Waals surface area contributed by atoms with E-state index in [0.29, 0.717) is 17.7 Å². The van der Waals surface area contributed by atoms with Crippen LogP contribution in [0.25, 0.3) is 11.1 Å². The van der Waals surface area contributed by atoms with Gasteiger partial charge in [-0.3, -0.25) is 4.79 Å². The van der Waals surface area contributed by atoms with Crippen LogP contribution in [0.3, 0.4) is 0 Å². The van der Waals surface area contributed by atoms with Gasteiger partial charge in [0.2, 0.25) is 0 Å². The molecule has 0 saturated heterocycles. The van der Waals surface area contributed by atoms with Crippen molar-refractivity contribution in [1.29, 1.82) is 0 Å². The van der Waals surface area contributed by atoms with Crippen LogP contribution < -0.4 is 4.74 Å². The van der Waals surface area contributed by atoms with Gasteiger partial charge in [-0.1, -0.05) is 30.3 Å². The van der Waals surface area contributed by atoms with Gasteiger partial charge in [0.05, 0.1) is 0 Å². The molecule has 4 heteroatoms. The van der Waals surface area contributed by atoms with E-state index in [2.05, 4.69) is 0 Å². The van der Waals surface area contributed by atoms with Crippen LogP contribution in [0.4, 0.5) is 0 Å². The fraction of sp³-hybridized carbons (Fsp3) is 0.364. The molecule has 0 spiro atoms. The van der Waals surface area contributed by atoms with Crippen LogP contribution in [0.15, 0.2) is 42.5 Å². The summed E-state index contributed by atoms with van der Waals surface area (Å²) in [5.74, 6) is 0.310. The Bertz CT molecular complexity index is 816. The van der Waals surface area contributed by atoms with Crippen molar-refractivity contribution in [2.24, 2.45) is 0 Å². The van der Waals surface area contributed by atoms with Gasteiger partial charge in [0.15, 0.2) is 12.4 Å². The highest BCUT2D eigenvalue weighted by Gasteiger charge is 2.23. The first-order valence-corrected chi connectivity index (χ1v) is 8.94. The summed E-state index contributed by atoms with van der Waals surface area (Å²) in [5.41, 5.74) is 2.97. The lowest BCUT2D eigenvalue weighted by Gasteiger charge is -2.22. The lowest BCUT2D eigenvalue weighted by Crippen LogP contribution is -2.27. The molecule has 136 valence electrons. The third-order valence-electron chi connectivity index (χ3n) is 4.21. The summed E-state index contributed by atoms with van der Waals surface area (Å²) >= 11 is 0. The third-order valence-corrected chi connectivity index (χ3v) is 4.21. The third kappa shape index (κ3) is 4.31. The van der Waals surface area contributed by atoms with Gasteiger partial charge in [0.1, 0.15) is 11.4 Å². The molecule has 0 aromatic heterocycles. The lowest BCUT2D eigenvalue weighted by atomic mass is 9.87. The Hall–Kier alpha value is -2.62. The summed E-state index contributed by atoms with van der Waals surface area (Å²) in [5, 5.41) is 0. The molecule has 2 aromatic rings. The van der Waals surface area contributed by atoms with Crippen molar-refractivity contribution in [1.82, 2.24) is 0 Å². The van der Waals surface area contributed by atoms with Gasteiger partial charge >= 0.3 is 5.97 Å². The Balaban J connectivity index is 1.92. The zero-order chi connectivity index (χ0) is 18.7. The van der Waals surface area contributed by atoms with E-state index in [1.54, 1.807) is 0 Å². The van der Waals surface area contributed by atoms with Crippen molar-refractivity contribution in [2.45, 2.75) is 45.6 Å². The van der Waals surface area contributed by atoms with Crippen LogP contribution in [0.1, 0.15) is 49.5 Å². The zero-order valence-electron chi connectivity index (χ0n) is 15.5. The summed E-state index contributed by atoms with van der Waals surface area (Å²) in [6.07, 6.45) is 2.13. The van der Waals surface area contributed by atoms with E-state index in [1.165, 1.54) is 0 Å². The van der Waals surface area contributed by atoms with Gasteiger partial charge in [-0.15, -0.1) is 0 Å². The number of carbonyl (C=O) groups excluding carboxylic acids is 2. The average molecular weight is 352 g/mol. The molecule has 0 amide bonds. The minimum atomic E-state index is -0.554. The maximum atomic E-state index is 12.4. The first-order valence-electron chi connectivity index (χ1n) is 8.94. The standard InChI is InChI=1S/C22H24O4/c1-22(2,3)26-21(24)14-25-20-13-16(15-8-5-4-6-9-15)12-18-17(20)10-7-11-19(18)23/h4-6,8-9,12-13H,7,10-11,14H2,1-3H3. The number of hydrogen-bond donors (Lipinski definition) is 0. The molecule has 1 aliphatic rings. The number of Topliss-reactive ketones (excluding diaryl/α,β-unsaturated/α-hetero) is 1. The van der Waals surface area contributed by atoms with Crippen molar-refractivity contribution < 1.29 is 19.1 Å². The molecular formula is C22H24O4. The molecule has 0 aliphatic heterocycles. The van der Waals surface area contributed by atoms with Crippen molar-refractivity contribution >= 4 is 11.8 Å². The van der Waals surface area contributed by atoms with Crippen LogP contribution >= 0.6 is 0 Å². The molecule has 4 nitrogen and oxygen atoms in total. The second kappa shape index (κ2) is 7.32. The summed E-state index contributed by atoms with van der Waals surface area (Å²) in [6.45, 7) is 5.29. The second-order valence-electron chi connectivity index (χ2n) is 7.52. The van der Waals surface area contributed by atoms with Gasteiger partial charge in [-0.2, -0.15) is 0 Å². The largest absolute Gasteiger partial charge is 0.482 e. The smallest absolute Gasteiger partial charge is 0.344 e. The monoisotopic (exact) mass is 352 g/mol. The van der Waals surface area contributed by atoms with E-state index in [0.717, 1.165) is 29.5 Å². The molecule has 0 unspecified atom stereocenters. The van der Waals surface area contributed by atoms with Gasteiger partial charge in [-0.25, -0.2) is 4.79 Å². The van der Waals surface area contributed by atoms with Gasteiger partial charge in [0.25, 0.3) is 0 Å². The second-order valence-corrected chi connectivity index (χ2v) is 7.52. The molecule has 0 atom stereocenters. The number of ether oxygens (including phenoxy) is 2. The summed E-state index contributed by atoms with van der Waals surface area (Å²) < 4.78 is 11.1. The SMILES string of the molecule is CC(C)(C)OC(=O)COc1cc(-c2ccccc2)cc2c1CCCC2=O. The van der Waals surface area contributed by atoms with E-state index >= 15 is 0 Å². The van der Waals surface area contributed by atoms with E-state index in [-0.39, 0.29) is 12.4 Å². The molecule has 26 heavy (non-hydrogen) atoms.